The number of alkyl halides is 3. The first-order valence-corrected chi connectivity index (χ1v) is 5.42. The van der Waals surface area contributed by atoms with Gasteiger partial charge in [-0.25, -0.2) is 8.78 Å². The molecule has 1 aliphatic heterocycles. The third-order valence-corrected chi connectivity index (χ3v) is 3.37. The minimum Gasteiger partial charge on any atom is -0.345 e. The Morgan fingerprint density at radius 2 is 2.29 bits per heavy atom. The zero-order chi connectivity index (χ0) is 10.1. The van der Waals surface area contributed by atoms with E-state index in [1.807, 2.05) is 4.90 Å². The fraction of sp³-hybridized carbons (Fsp3) is 0.714. The standard InChI is InChI=1S/C7H8ClF2N3S/c8-4-1-2-13(3-4)7-12-11-6(14-7)5(9)10/h4-5H,1-3H2. The number of aromatic nitrogens is 2. The van der Waals surface area contributed by atoms with Crippen LogP contribution in [0.2, 0.25) is 0 Å². The second kappa shape index (κ2) is 3.94. The predicted molar refractivity (Wildman–Crippen MR) is 51.3 cm³/mol. The van der Waals surface area contributed by atoms with Crippen LogP contribution in [0.5, 0.6) is 0 Å². The molecule has 1 atom stereocenters. The average Bonchev–Trinajstić information content (AvgIpc) is 2.70. The van der Waals surface area contributed by atoms with Gasteiger partial charge in [-0.1, -0.05) is 11.3 Å². The van der Waals surface area contributed by atoms with Gasteiger partial charge in [0.2, 0.25) is 5.13 Å². The quantitative estimate of drug-likeness (QED) is 0.742. The molecule has 2 heterocycles. The summed E-state index contributed by atoms with van der Waals surface area (Å²) < 4.78 is 24.4. The fourth-order valence-corrected chi connectivity index (χ4v) is 2.33. The number of hydrogen-bond acceptors (Lipinski definition) is 4. The van der Waals surface area contributed by atoms with Crippen LogP contribution >= 0.6 is 22.9 Å². The van der Waals surface area contributed by atoms with Crippen molar-refractivity contribution in [3.05, 3.63) is 5.01 Å². The van der Waals surface area contributed by atoms with Crippen molar-refractivity contribution in [2.24, 2.45) is 0 Å². The van der Waals surface area contributed by atoms with Crippen LogP contribution in [0, 0.1) is 0 Å². The van der Waals surface area contributed by atoms with E-state index in [0.717, 1.165) is 24.3 Å². The molecule has 2 rings (SSSR count). The highest BCUT2D eigenvalue weighted by Crippen LogP contribution is 2.30. The average molecular weight is 240 g/mol. The van der Waals surface area contributed by atoms with Gasteiger partial charge in [0, 0.05) is 13.1 Å². The topological polar surface area (TPSA) is 29.0 Å². The van der Waals surface area contributed by atoms with Crippen LogP contribution in [-0.2, 0) is 0 Å². The SMILES string of the molecule is FC(F)c1nnc(N2CCC(Cl)C2)s1. The Hall–Kier alpha value is -0.490. The Labute approximate surface area is 88.7 Å². The largest absolute Gasteiger partial charge is 0.345 e. The number of nitrogens with zero attached hydrogens (tertiary/aromatic N) is 3. The molecule has 1 aromatic rings. The lowest BCUT2D eigenvalue weighted by Crippen LogP contribution is -2.19. The summed E-state index contributed by atoms with van der Waals surface area (Å²) >= 11 is 6.83. The first-order chi connectivity index (χ1) is 6.66. The Morgan fingerprint density at radius 3 is 2.79 bits per heavy atom. The second-order valence-electron chi connectivity index (χ2n) is 3.06. The van der Waals surface area contributed by atoms with Gasteiger partial charge in [-0.3, -0.25) is 0 Å². The third-order valence-electron chi connectivity index (χ3n) is 2.02. The molecular weight excluding hydrogens is 232 g/mol. The molecule has 0 bridgehead atoms. The predicted octanol–water partition coefficient (Wildman–Crippen LogP) is 2.29. The first-order valence-electron chi connectivity index (χ1n) is 4.17. The highest BCUT2D eigenvalue weighted by molar-refractivity contribution is 7.15. The van der Waals surface area contributed by atoms with Crippen LogP contribution in [0.4, 0.5) is 13.9 Å². The van der Waals surface area contributed by atoms with E-state index in [0.29, 0.717) is 11.7 Å². The van der Waals surface area contributed by atoms with E-state index in [1.54, 1.807) is 0 Å². The molecule has 0 aromatic carbocycles. The van der Waals surface area contributed by atoms with E-state index < -0.39 is 6.43 Å². The molecule has 0 aliphatic carbocycles. The van der Waals surface area contributed by atoms with Gasteiger partial charge in [0.05, 0.1) is 5.38 Å². The van der Waals surface area contributed by atoms with E-state index in [2.05, 4.69) is 10.2 Å². The molecule has 1 aliphatic rings. The number of hydrogen-bond donors (Lipinski definition) is 0. The van der Waals surface area contributed by atoms with Crippen molar-refractivity contribution in [1.82, 2.24) is 10.2 Å². The second-order valence-corrected chi connectivity index (χ2v) is 4.66. The molecule has 0 radical (unpaired) electrons. The molecule has 0 amide bonds. The lowest BCUT2D eigenvalue weighted by Gasteiger charge is -2.11. The van der Waals surface area contributed by atoms with Gasteiger partial charge in [-0.05, 0) is 6.42 Å². The molecular formula is C7H8ClF2N3S. The van der Waals surface area contributed by atoms with E-state index in [1.165, 1.54) is 0 Å². The molecule has 0 saturated carbocycles. The Bertz CT molecular complexity index is 320. The fourth-order valence-electron chi connectivity index (χ4n) is 1.33. The maximum absolute atomic E-state index is 12.2. The molecule has 14 heavy (non-hydrogen) atoms. The van der Waals surface area contributed by atoms with Crippen LogP contribution in [0.15, 0.2) is 0 Å². The Morgan fingerprint density at radius 1 is 1.50 bits per heavy atom. The summed E-state index contributed by atoms with van der Waals surface area (Å²) in [4.78, 5) is 1.89. The lowest BCUT2D eigenvalue weighted by molar-refractivity contribution is 0.150. The highest BCUT2D eigenvalue weighted by atomic mass is 35.5. The molecule has 1 unspecified atom stereocenters. The molecule has 1 saturated heterocycles. The molecule has 0 spiro atoms. The van der Waals surface area contributed by atoms with Crippen molar-refractivity contribution in [2.75, 3.05) is 18.0 Å². The van der Waals surface area contributed by atoms with Gasteiger partial charge >= 0.3 is 0 Å². The van der Waals surface area contributed by atoms with Crippen LogP contribution in [0.25, 0.3) is 0 Å². The van der Waals surface area contributed by atoms with Crippen LogP contribution in [-0.4, -0.2) is 28.7 Å². The molecule has 7 heteroatoms. The lowest BCUT2D eigenvalue weighted by atomic mass is 10.4. The third kappa shape index (κ3) is 1.95. The van der Waals surface area contributed by atoms with Gasteiger partial charge in [0.25, 0.3) is 6.43 Å². The number of rotatable bonds is 2. The summed E-state index contributed by atoms with van der Waals surface area (Å²) in [5, 5.41) is 7.54. The summed E-state index contributed by atoms with van der Waals surface area (Å²) in [5.74, 6) is 0. The van der Waals surface area contributed by atoms with Crippen molar-refractivity contribution in [1.29, 1.82) is 0 Å². The maximum atomic E-state index is 12.2. The van der Waals surface area contributed by atoms with Gasteiger partial charge in [-0.15, -0.1) is 21.8 Å². The normalized spacial score (nSPS) is 22.3. The van der Waals surface area contributed by atoms with E-state index in [9.17, 15) is 8.78 Å². The first kappa shape index (κ1) is 10.0. The molecule has 3 nitrogen and oxygen atoms in total. The van der Waals surface area contributed by atoms with Crippen LogP contribution < -0.4 is 4.90 Å². The monoisotopic (exact) mass is 239 g/mol. The Kier molecular flexibility index (Phi) is 2.83. The smallest absolute Gasteiger partial charge is 0.291 e. The highest BCUT2D eigenvalue weighted by Gasteiger charge is 2.24. The van der Waals surface area contributed by atoms with Crippen molar-refractivity contribution < 1.29 is 8.78 Å². The maximum Gasteiger partial charge on any atom is 0.291 e. The van der Waals surface area contributed by atoms with Crippen LogP contribution in [0.3, 0.4) is 0 Å². The Balaban J connectivity index is 2.09. The zero-order valence-corrected chi connectivity index (χ0v) is 8.73. The van der Waals surface area contributed by atoms with E-state index in [-0.39, 0.29) is 10.4 Å². The van der Waals surface area contributed by atoms with Crippen LogP contribution in [0.1, 0.15) is 17.9 Å². The van der Waals surface area contributed by atoms with Gasteiger partial charge in [-0.2, -0.15) is 0 Å². The molecule has 1 fully saturated rings. The molecule has 1 aromatic heterocycles. The zero-order valence-electron chi connectivity index (χ0n) is 7.16. The van der Waals surface area contributed by atoms with Gasteiger partial charge < -0.3 is 4.90 Å². The minimum atomic E-state index is -2.53. The van der Waals surface area contributed by atoms with Crippen molar-refractivity contribution in [3.63, 3.8) is 0 Å². The van der Waals surface area contributed by atoms with Crippen molar-refractivity contribution >= 4 is 28.1 Å². The van der Waals surface area contributed by atoms with E-state index in [4.69, 9.17) is 11.6 Å². The summed E-state index contributed by atoms with van der Waals surface area (Å²) in [7, 11) is 0. The summed E-state index contributed by atoms with van der Waals surface area (Å²) in [6.45, 7) is 1.44. The molecule has 0 N–H and O–H groups in total. The van der Waals surface area contributed by atoms with Gasteiger partial charge in [0.1, 0.15) is 0 Å². The number of anilines is 1. The summed E-state index contributed by atoms with van der Waals surface area (Å²) in [6.07, 6.45) is -1.67. The van der Waals surface area contributed by atoms with Gasteiger partial charge in [0.15, 0.2) is 5.01 Å². The molecule has 78 valence electrons. The minimum absolute atomic E-state index is 0.0916. The summed E-state index contributed by atoms with van der Waals surface area (Å²) in [5.41, 5.74) is 0. The van der Waals surface area contributed by atoms with E-state index >= 15 is 0 Å². The number of halogens is 3. The summed E-state index contributed by atoms with van der Waals surface area (Å²) in [6, 6.07) is 0. The van der Waals surface area contributed by atoms with Crippen molar-refractivity contribution in [2.45, 2.75) is 18.2 Å². The van der Waals surface area contributed by atoms with Crippen molar-refractivity contribution in [3.8, 4) is 0 Å².